The smallest absolute Gasteiger partial charge is 0.315 e. The summed E-state index contributed by atoms with van der Waals surface area (Å²) >= 11 is 0. The first-order valence-electron chi connectivity index (χ1n) is 4.88. The van der Waals surface area contributed by atoms with E-state index in [2.05, 4.69) is 5.32 Å². The maximum atomic E-state index is 11.5. The lowest BCUT2D eigenvalue weighted by Gasteiger charge is -2.27. The third kappa shape index (κ3) is 3.33. The van der Waals surface area contributed by atoms with Crippen LogP contribution in [0, 0.1) is 0 Å². The molecule has 14 heavy (non-hydrogen) atoms. The zero-order chi connectivity index (χ0) is 10.4. The fourth-order valence-electron chi connectivity index (χ4n) is 1.36. The second kappa shape index (κ2) is 5.59. The first-order chi connectivity index (χ1) is 6.74. The number of rotatable bonds is 3. The molecule has 0 atom stereocenters. The molecule has 0 aromatic rings. The summed E-state index contributed by atoms with van der Waals surface area (Å²) < 4.78 is 4.70. The molecule has 1 aliphatic rings. The second-order valence-electron chi connectivity index (χ2n) is 3.11. The number of ether oxygens (including phenoxy) is 1. The van der Waals surface area contributed by atoms with Crippen molar-refractivity contribution in [2.45, 2.75) is 13.3 Å². The predicted molar refractivity (Wildman–Crippen MR) is 50.7 cm³/mol. The van der Waals surface area contributed by atoms with Gasteiger partial charge in [0.05, 0.1) is 6.61 Å². The molecule has 0 aromatic heterocycles. The average Bonchev–Trinajstić information content (AvgIpc) is 2.19. The van der Waals surface area contributed by atoms with Crippen LogP contribution in [-0.4, -0.2) is 49.6 Å². The quantitative estimate of drug-likeness (QED) is 0.487. The minimum atomic E-state index is -0.434. The molecule has 1 heterocycles. The van der Waals surface area contributed by atoms with Crippen molar-refractivity contribution >= 4 is 11.9 Å². The van der Waals surface area contributed by atoms with E-state index in [9.17, 15) is 9.59 Å². The summed E-state index contributed by atoms with van der Waals surface area (Å²) in [5, 5.41) is 3.14. The van der Waals surface area contributed by atoms with Gasteiger partial charge in [-0.15, -0.1) is 0 Å². The summed E-state index contributed by atoms with van der Waals surface area (Å²) in [5.74, 6) is -0.569. The Bertz CT molecular complexity index is 212. The molecule has 0 aromatic carbocycles. The van der Waals surface area contributed by atoms with Gasteiger partial charge in [-0.25, -0.2) is 0 Å². The molecule has 0 radical (unpaired) electrons. The van der Waals surface area contributed by atoms with Crippen molar-refractivity contribution in [1.82, 2.24) is 10.2 Å². The molecular weight excluding hydrogens is 184 g/mol. The standard InChI is InChI=1S/C9H16N2O3/c1-2-14-9(13)7-8(12)11-5-3-10-4-6-11/h10H,2-7H2,1H3. The van der Waals surface area contributed by atoms with Crippen LogP contribution in [0.25, 0.3) is 0 Å². The maximum Gasteiger partial charge on any atom is 0.315 e. The highest BCUT2D eigenvalue weighted by atomic mass is 16.5. The number of hydrogen-bond acceptors (Lipinski definition) is 4. The van der Waals surface area contributed by atoms with Crippen molar-refractivity contribution in [2.75, 3.05) is 32.8 Å². The highest BCUT2D eigenvalue weighted by Gasteiger charge is 2.19. The van der Waals surface area contributed by atoms with Crippen LogP contribution in [0.1, 0.15) is 13.3 Å². The van der Waals surface area contributed by atoms with E-state index in [0.29, 0.717) is 19.7 Å². The molecule has 0 unspecified atom stereocenters. The normalized spacial score (nSPS) is 16.5. The van der Waals surface area contributed by atoms with E-state index in [4.69, 9.17) is 4.74 Å². The summed E-state index contributed by atoms with van der Waals surface area (Å²) in [5.41, 5.74) is 0. The Labute approximate surface area is 83.4 Å². The average molecular weight is 200 g/mol. The molecule has 0 saturated carbocycles. The van der Waals surface area contributed by atoms with E-state index in [1.165, 1.54) is 0 Å². The van der Waals surface area contributed by atoms with Crippen molar-refractivity contribution in [3.05, 3.63) is 0 Å². The third-order valence-electron chi connectivity index (χ3n) is 2.07. The van der Waals surface area contributed by atoms with Crippen LogP contribution in [0.4, 0.5) is 0 Å². The van der Waals surface area contributed by atoms with Gasteiger partial charge in [0.2, 0.25) is 5.91 Å². The number of piperazine rings is 1. The van der Waals surface area contributed by atoms with Crippen LogP contribution in [0.5, 0.6) is 0 Å². The van der Waals surface area contributed by atoms with Crippen molar-refractivity contribution in [3.8, 4) is 0 Å². The zero-order valence-corrected chi connectivity index (χ0v) is 8.41. The van der Waals surface area contributed by atoms with Gasteiger partial charge in [-0.1, -0.05) is 0 Å². The second-order valence-corrected chi connectivity index (χ2v) is 3.11. The summed E-state index contributed by atoms with van der Waals surface area (Å²) in [4.78, 5) is 24.2. The molecule has 0 aliphatic carbocycles. The number of carbonyl (C=O) groups excluding carboxylic acids is 2. The van der Waals surface area contributed by atoms with Gasteiger partial charge in [-0.2, -0.15) is 0 Å². The fourth-order valence-corrected chi connectivity index (χ4v) is 1.36. The summed E-state index contributed by atoms with van der Waals surface area (Å²) in [6.45, 7) is 5.01. The van der Waals surface area contributed by atoms with Crippen LogP contribution in [0.2, 0.25) is 0 Å². The third-order valence-corrected chi connectivity index (χ3v) is 2.07. The van der Waals surface area contributed by atoms with Gasteiger partial charge in [0.15, 0.2) is 0 Å². The Morgan fingerprint density at radius 3 is 2.57 bits per heavy atom. The molecule has 5 heteroatoms. The zero-order valence-electron chi connectivity index (χ0n) is 8.41. The monoisotopic (exact) mass is 200 g/mol. The summed E-state index contributed by atoms with van der Waals surface area (Å²) in [6.07, 6.45) is -0.131. The Morgan fingerprint density at radius 2 is 2.00 bits per heavy atom. The molecular formula is C9H16N2O3. The number of nitrogens with zero attached hydrogens (tertiary/aromatic N) is 1. The fraction of sp³-hybridized carbons (Fsp3) is 0.778. The summed E-state index contributed by atoms with van der Waals surface area (Å²) in [6, 6.07) is 0. The van der Waals surface area contributed by atoms with Crippen molar-refractivity contribution in [2.24, 2.45) is 0 Å². The van der Waals surface area contributed by atoms with Crippen molar-refractivity contribution < 1.29 is 14.3 Å². The highest BCUT2D eigenvalue weighted by molar-refractivity contribution is 5.94. The lowest BCUT2D eigenvalue weighted by atomic mass is 10.3. The van der Waals surface area contributed by atoms with Crippen LogP contribution >= 0.6 is 0 Å². The van der Waals surface area contributed by atoms with Crippen LogP contribution in [0.3, 0.4) is 0 Å². The number of esters is 1. The number of nitrogens with one attached hydrogen (secondary N) is 1. The number of amides is 1. The SMILES string of the molecule is CCOC(=O)CC(=O)N1CCNCC1. The Kier molecular flexibility index (Phi) is 4.39. The highest BCUT2D eigenvalue weighted by Crippen LogP contribution is 1.98. The van der Waals surface area contributed by atoms with Crippen molar-refractivity contribution in [1.29, 1.82) is 0 Å². The Morgan fingerprint density at radius 1 is 1.36 bits per heavy atom. The topological polar surface area (TPSA) is 58.6 Å². The molecule has 1 N–H and O–H groups in total. The minimum absolute atomic E-state index is 0.131. The van der Waals surface area contributed by atoms with Crippen LogP contribution in [-0.2, 0) is 14.3 Å². The molecule has 0 spiro atoms. The van der Waals surface area contributed by atoms with Gasteiger partial charge in [-0.05, 0) is 6.92 Å². The number of carbonyl (C=O) groups is 2. The first kappa shape index (κ1) is 11.0. The van der Waals surface area contributed by atoms with Gasteiger partial charge >= 0.3 is 5.97 Å². The molecule has 1 rings (SSSR count). The predicted octanol–water partition coefficient (Wildman–Crippen LogP) is -0.629. The Hall–Kier alpha value is -1.10. The van der Waals surface area contributed by atoms with E-state index in [1.54, 1.807) is 11.8 Å². The van der Waals surface area contributed by atoms with Gasteiger partial charge in [0, 0.05) is 26.2 Å². The first-order valence-corrected chi connectivity index (χ1v) is 4.88. The number of hydrogen-bond donors (Lipinski definition) is 1. The van der Waals surface area contributed by atoms with Gasteiger partial charge in [-0.3, -0.25) is 9.59 Å². The molecule has 5 nitrogen and oxygen atoms in total. The van der Waals surface area contributed by atoms with Gasteiger partial charge in [0.25, 0.3) is 0 Å². The minimum Gasteiger partial charge on any atom is -0.466 e. The van der Waals surface area contributed by atoms with Gasteiger partial charge in [0.1, 0.15) is 6.42 Å². The molecule has 1 amide bonds. The van der Waals surface area contributed by atoms with E-state index < -0.39 is 5.97 Å². The van der Waals surface area contributed by atoms with E-state index in [0.717, 1.165) is 13.1 Å². The molecule has 1 saturated heterocycles. The van der Waals surface area contributed by atoms with Crippen LogP contribution in [0.15, 0.2) is 0 Å². The lowest BCUT2D eigenvalue weighted by Crippen LogP contribution is -2.46. The Balaban J connectivity index is 2.29. The van der Waals surface area contributed by atoms with E-state index >= 15 is 0 Å². The largest absolute Gasteiger partial charge is 0.466 e. The maximum absolute atomic E-state index is 11.5. The van der Waals surface area contributed by atoms with E-state index in [1.807, 2.05) is 0 Å². The molecule has 80 valence electrons. The molecule has 1 fully saturated rings. The van der Waals surface area contributed by atoms with E-state index in [-0.39, 0.29) is 12.3 Å². The van der Waals surface area contributed by atoms with Gasteiger partial charge < -0.3 is 15.0 Å². The molecule has 1 aliphatic heterocycles. The summed E-state index contributed by atoms with van der Waals surface area (Å²) in [7, 11) is 0. The van der Waals surface area contributed by atoms with Crippen LogP contribution < -0.4 is 5.32 Å². The molecule has 0 bridgehead atoms. The lowest BCUT2D eigenvalue weighted by molar-refractivity contribution is -0.148. The van der Waals surface area contributed by atoms with Crippen molar-refractivity contribution in [3.63, 3.8) is 0 Å².